The molecule has 0 aromatic carbocycles. The van der Waals surface area contributed by atoms with Gasteiger partial charge < -0.3 is 0 Å². The summed E-state index contributed by atoms with van der Waals surface area (Å²) in [5.41, 5.74) is 0. The smallest absolute Gasteiger partial charge is 0.182 e. The molecule has 0 aromatic heterocycles. The molecule has 0 saturated carbocycles. The summed E-state index contributed by atoms with van der Waals surface area (Å²) in [6, 6.07) is 0. The van der Waals surface area contributed by atoms with Gasteiger partial charge in [0.2, 0.25) is 14.6 Å². The van der Waals surface area contributed by atoms with Gasteiger partial charge in [-0.25, -0.2) is 0 Å². The maximum absolute atomic E-state index is 10.1. The van der Waals surface area contributed by atoms with Crippen LogP contribution in [-0.2, 0) is 10.3 Å². The normalized spacial score (nSPS) is 25.0. The lowest BCUT2D eigenvalue weighted by atomic mass is 11.4. The number of nitrogens with zero attached hydrogens (tertiary/aromatic N) is 2. The van der Waals surface area contributed by atoms with E-state index in [1.165, 1.54) is 0 Å². The number of halogens is 1. The van der Waals surface area contributed by atoms with Crippen molar-refractivity contribution in [1.82, 2.24) is 0 Å². The minimum Gasteiger partial charge on any atom is -0.182 e. The highest BCUT2D eigenvalue weighted by Gasteiger charge is 2.16. The second-order valence-electron chi connectivity index (χ2n) is 1.13. The summed E-state index contributed by atoms with van der Waals surface area (Å²) in [4.78, 5) is -0.571. The third-order valence-electron chi connectivity index (χ3n) is 0.571. The van der Waals surface area contributed by atoms with Crippen LogP contribution in [0.1, 0.15) is 0 Å². The molecule has 0 spiro atoms. The van der Waals surface area contributed by atoms with Crippen molar-refractivity contribution >= 4 is 38.0 Å². The van der Waals surface area contributed by atoms with Crippen molar-refractivity contribution in [3.63, 3.8) is 0 Å². The molecule has 9 heavy (non-hydrogen) atoms. The second-order valence-corrected chi connectivity index (χ2v) is 3.98. The SMILES string of the molecule is O=S(=O)=C1N=NC(Cl)S1. The van der Waals surface area contributed by atoms with E-state index >= 15 is 0 Å². The van der Waals surface area contributed by atoms with Crippen LogP contribution in [0.4, 0.5) is 0 Å². The molecule has 4 nitrogen and oxygen atoms in total. The zero-order valence-corrected chi connectivity index (χ0v) is 6.37. The van der Waals surface area contributed by atoms with Gasteiger partial charge in [0, 0.05) is 0 Å². The Kier molecular flexibility index (Phi) is 2.09. The molecule has 1 heterocycles. The van der Waals surface area contributed by atoms with Gasteiger partial charge in [-0.1, -0.05) is 11.6 Å². The Bertz CT molecular complexity index is 260. The van der Waals surface area contributed by atoms with Gasteiger partial charge in [-0.05, 0) is 11.8 Å². The first-order chi connectivity index (χ1) is 4.20. The first kappa shape index (κ1) is 7.04. The summed E-state index contributed by atoms with van der Waals surface area (Å²) in [7, 11) is -2.28. The van der Waals surface area contributed by atoms with Crippen molar-refractivity contribution < 1.29 is 8.42 Å². The fourth-order valence-electron chi connectivity index (χ4n) is 0.295. The summed E-state index contributed by atoms with van der Waals surface area (Å²) >= 11 is 6.27. The Morgan fingerprint density at radius 2 is 2.33 bits per heavy atom. The standard InChI is InChI=1S/C2HClN2O2S2/c3-1-4-5-2(8-1)9(6)7/h1H. The molecule has 1 rings (SSSR count). The van der Waals surface area contributed by atoms with Crippen molar-refractivity contribution in [2.24, 2.45) is 10.2 Å². The average molecular weight is 185 g/mol. The Morgan fingerprint density at radius 1 is 1.67 bits per heavy atom. The van der Waals surface area contributed by atoms with Crippen LogP contribution in [0, 0.1) is 0 Å². The first-order valence-electron chi connectivity index (χ1n) is 1.88. The Hall–Kier alpha value is -0.0700. The van der Waals surface area contributed by atoms with Gasteiger partial charge in [0.05, 0.1) is 0 Å². The summed E-state index contributed by atoms with van der Waals surface area (Å²) in [6.45, 7) is 0. The van der Waals surface area contributed by atoms with Crippen molar-refractivity contribution in [3.8, 4) is 0 Å². The fourth-order valence-corrected chi connectivity index (χ4v) is 1.81. The van der Waals surface area contributed by atoms with Gasteiger partial charge in [0.1, 0.15) is 0 Å². The largest absolute Gasteiger partial charge is 0.249 e. The zero-order valence-electron chi connectivity index (χ0n) is 3.98. The highest BCUT2D eigenvalue weighted by Crippen LogP contribution is 2.24. The molecule has 0 amide bonds. The van der Waals surface area contributed by atoms with Gasteiger partial charge in [0.25, 0.3) is 0 Å². The predicted octanol–water partition coefficient (Wildman–Crippen LogP) is 0.674. The molecule has 0 N–H and O–H groups in total. The lowest BCUT2D eigenvalue weighted by Gasteiger charge is -1.82. The molecule has 0 aromatic rings. The van der Waals surface area contributed by atoms with E-state index in [1.54, 1.807) is 0 Å². The van der Waals surface area contributed by atoms with Gasteiger partial charge in [-0.3, -0.25) is 0 Å². The highest BCUT2D eigenvalue weighted by atomic mass is 35.5. The van der Waals surface area contributed by atoms with Crippen LogP contribution < -0.4 is 0 Å². The molecule has 0 fully saturated rings. The Labute approximate surface area is 61.8 Å². The maximum atomic E-state index is 10.1. The number of azo groups is 1. The van der Waals surface area contributed by atoms with Crippen LogP contribution in [0.15, 0.2) is 10.2 Å². The van der Waals surface area contributed by atoms with E-state index in [1.807, 2.05) is 0 Å². The summed E-state index contributed by atoms with van der Waals surface area (Å²) in [6.07, 6.45) is 0. The van der Waals surface area contributed by atoms with Crippen LogP contribution in [0.25, 0.3) is 0 Å². The van der Waals surface area contributed by atoms with Crippen LogP contribution in [0.5, 0.6) is 0 Å². The lowest BCUT2D eigenvalue weighted by Crippen LogP contribution is -1.83. The molecular weight excluding hydrogens is 184 g/mol. The molecule has 0 aliphatic carbocycles. The quantitative estimate of drug-likeness (QED) is 0.316. The van der Waals surface area contributed by atoms with Crippen molar-refractivity contribution in [2.75, 3.05) is 0 Å². The topological polar surface area (TPSA) is 58.9 Å². The zero-order chi connectivity index (χ0) is 6.85. The number of hydrogen-bond acceptors (Lipinski definition) is 4. The van der Waals surface area contributed by atoms with Crippen molar-refractivity contribution in [3.05, 3.63) is 0 Å². The van der Waals surface area contributed by atoms with Crippen molar-refractivity contribution in [1.29, 1.82) is 0 Å². The fraction of sp³-hybridized carbons (Fsp3) is 0.500. The third kappa shape index (κ3) is 1.67. The molecule has 7 heteroatoms. The van der Waals surface area contributed by atoms with E-state index in [0.717, 1.165) is 11.8 Å². The minimum atomic E-state index is -2.28. The van der Waals surface area contributed by atoms with E-state index in [2.05, 4.69) is 10.2 Å². The third-order valence-corrected chi connectivity index (χ3v) is 2.56. The molecule has 1 atom stereocenters. The minimum absolute atomic E-state index is 0.0463. The molecule has 0 bridgehead atoms. The second kappa shape index (κ2) is 2.68. The van der Waals surface area contributed by atoms with Gasteiger partial charge >= 0.3 is 0 Å². The van der Waals surface area contributed by atoms with E-state index in [0.29, 0.717) is 0 Å². The van der Waals surface area contributed by atoms with Crippen LogP contribution in [0.3, 0.4) is 0 Å². The van der Waals surface area contributed by atoms with Crippen molar-refractivity contribution in [2.45, 2.75) is 4.83 Å². The number of hydrogen-bond donors (Lipinski definition) is 0. The molecular formula is C2HClN2O2S2. The first-order valence-corrected chi connectivity index (χ1v) is 4.27. The summed E-state index contributed by atoms with van der Waals surface area (Å²) < 4.78 is 20.1. The van der Waals surface area contributed by atoms with Gasteiger partial charge in [-0.15, -0.1) is 5.11 Å². The molecule has 50 valence electrons. The molecule has 1 aliphatic rings. The summed E-state index contributed by atoms with van der Waals surface area (Å²) in [5.74, 6) is 0. The number of thioether (sulfide) groups is 1. The van der Waals surface area contributed by atoms with E-state index in [-0.39, 0.29) is 4.32 Å². The molecule has 1 aliphatic heterocycles. The predicted molar refractivity (Wildman–Crippen MR) is 36.0 cm³/mol. The summed E-state index contributed by atoms with van der Waals surface area (Å²) in [5, 5.41) is 6.64. The van der Waals surface area contributed by atoms with Crippen LogP contribution >= 0.6 is 23.4 Å². The van der Waals surface area contributed by atoms with Crippen LogP contribution in [0.2, 0.25) is 0 Å². The van der Waals surface area contributed by atoms with E-state index < -0.39 is 15.1 Å². The Balaban J connectivity index is 2.97. The lowest BCUT2D eigenvalue weighted by molar-refractivity contribution is 0.627. The molecule has 0 radical (unpaired) electrons. The monoisotopic (exact) mass is 184 g/mol. The number of alkyl halides is 1. The van der Waals surface area contributed by atoms with E-state index in [9.17, 15) is 8.42 Å². The average Bonchev–Trinajstić information content (AvgIpc) is 2.14. The number of rotatable bonds is 0. The highest BCUT2D eigenvalue weighted by molar-refractivity contribution is 8.23. The van der Waals surface area contributed by atoms with Gasteiger partial charge in [-0.2, -0.15) is 13.5 Å². The maximum Gasteiger partial charge on any atom is 0.249 e. The molecule has 1 unspecified atom stereocenters. The van der Waals surface area contributed by atoms with E-state index in [4.69, 9.17) is 11.6 Å². The Morgan fingerprint density at radius 3 is 2.56 bits per heavy atom. The van der Waals surface area contributed by atoms with Gasteiger partial charge in [0.15, 0.2) is 4.83 Å². The van der Waals surface area contributed by atoms with Crippen LogP contribution in [-0.4, -0.2) is 17.6 Å². The molecule has 0 saturated heterocycles.